The molecule has 4 rings (SSSR count). The minimum Gasteiger partial charge on any atom is -0.496 e. The molecule has 1 aromatic heterocycles. The number of hydrogen-bond donors (Lipinski definition) is 1. The highest BCUT2D eigenvalue weighted by Crippen LogP contribution is 2.46. The minimum atomic E-state index is -0.191. The van der Waals surface area contributed by atoms with Crippen LogP contribution in [-0.2, 0) is 19.4 Å². The van der Waals surface area contributed by atoms with Crippen LogP contribution in [0.3, 0.4) is 0 Å². The van der Waals surface area contributed by atoms with Gasteiger partial charge in [-0.2, -0.15) is 0 Å². The number of fused-ring (bicyclic) bond motifs is 1. The molecule has 0 amide bonds. The molecule has 1 saturated carbocycles. The molecule has 2 aromatic rings. The highest BCUT2D eigenvalue weighted by molar-refractivity contribution is 7.10. The van der Waals surface area contributed by atoms with Gasteiger partial charge in [0.25, 0.3) is 0 Å². The molecule has 1 N–H and O–H groups in total. The standard InChI is InChI=1S/C20H24FNO2S/c1-23-17-5-9-25-19(17)13-22-8-4-14-10-15(21)11-18-16(14)12-20(24-18)6-2-3-7-20/h5,9-11,22H,2-4,6-8,12-13H2,1H3. The summed E-state index contributed by atoms with van der Waals surface area (Å²) in [5.41, 5.74) is 2.26. The zero-order valence-electron chi connectivity index (χ0n) is 14.6. The van der Waals surface area contributed by atoms with E-state index < -0.39 is 0 Å². The van der Waals surface area contributed by atoms with E-state index in [2.05, 4.69) is 5.32 Å². The number of benzene rings is 1. The van der Waals surface area contributed by atoms with Crippen molar-refractivity contribution in [3.63, 3.8) is 0 Å². The van der Waals surface area contributed by atoms with Crippen LogP contribution in [0.4, 0.5) is 4.39 Å². The Morgan fingerprint density at radius 1 is 1.32 bits per heavy atom. The van der Waals surface area contributed by atoms with E-state index in [-0.39, 0.29) is 11.4 Å². The van der Waals surface area contributed by atoms with E-state index in [1.54, 1.807) is 30.6 Å². The average Bonchev–Trinajstić information content (AvgIpc) is 3.31. The Labute approximate surface area is 152 Å². The van der Waals surface area contributed by atoms with Gasteiger partial charge >= 0.3 is 0 Å². The van der Waals surface area contributed by atoms with E-state index >= 15 is 0 Å². The normalized spacial score (nSPS) is 17.7. The van der Waals surface area contributed by atoms with E-state index in [9.17, 15) is 4.39 Å². The van der Waals surface area contributed by atoms with Gasteiger partial charge in [0.1, 0.15) is 22.9 Å². The van der Waals surface area contributed by atoms with Crippen LogP contribution in [0.25, 0.3) is 0 Å². The Morgan fingerprint density at radius 3 is 2.96 bits per heavy atom. The first kappa shape index (κ1) is 16.9. The van der Waals surface area contributed by atoms with Crippen molar-refractivity contribution in [2.45, 2.75) is 50.7 Å². The third-order valence-electron chi connectivity index (χ3n) is 5.39. The summed E-state index contributed by atoms with van der Waals surface area (Å²) in [6.45, 7) is 1.59. The fourth-order valence-corrected chi connectivity index (χ4v) is 4.94. The van der Waals surface area contributed by atoms with Crippen LogP contribution < -0.4 is 14.8 Å². The van der Waals surface area contributed by atoms with Crippen molar-refractivity contribution >= 4 is 11.3 Å². The summed E-state index contributed by atoms with van der Waals surface area (Å²) in [6, 6.07) is 5.24. The minimum absolute atomic E-state index is 0.0529. The highest BCUT2D eigenvalue weighted by atomic mass is 32.1. The third-order valence-corrected chi connectivity index (χ3v) is 6.29. The van der Waals surface area contributed by atoms with E-state index in [0.717, 1.165) is 55.8 Å². The van der Waals surface area contributed by atoms with Crippen LogP contribution in [0.1, 0.15) is 41.7 Å². The van der Waals surface area contributed by atoms with Gasteiger partial charge in [-0.25, -0.2) is 4.39 Å². The van der Waals surface area contributed by atoms with Crippen molar-refractivity contribution < 1.29 is 13.9 Å². The molecule has 5 heteroatoms. The number of methoxy groups -OCH3 is 1. The maximum atomic E-state index is 14.0. The van der Waals surface area contributed by atoms with Crippen molar-refractivity contribution in [1.29, 1.82) is 0 Å². The van der Waals surface area contributed by atoms with Gasteiger partial charge in [-0.15, -0.1) is 11.3 Å². The second kappa shape index (κ2) is 6.96. The lowest BCUT2D eigenvalue weighted by Crippen LogP contribution is -2.30. The summed E-state index contributed by atoms with van der Waals surface area (Å²) in [7, 11) is 1.69. The second-order valence-electron chi connectivity index (χ2n) is 7.05. The van der Waals surface area contributed by atoms with Crippen LogP contribution in [0.2, 0.25) is 0 Å². The van der Waals surface area contributed by atoms with Crippen LogP contribution in [0, 0.1) is 5.82 Å². The summed E-state index contributed by atoms with van der Waals surface area (Å²) in [6.07, 6.45) is 6.38. The zero-order valence-corrected chi connectivity index (χ0v) is 15.4. The van der Waals surface area contributed by atoms with E-state index in [0.29, 0.717) is 0 Å². The number of nitrogens with one attached hydrogen (secondary N) is 1. The lowest BCUT2D eigenvalue weighted by atomic mass is 9.92. The van der Waals surface area contributed by atoms with Gasteiger partial charge in [-0.1, -0.05) is 0 Å². The molecule has 3 nitrogen and oxygen atoms in total. The Bertz CT molecular complexity index is 752. The first-order valence-electron chi connectivity index (χ1n) is 9.00. The largest absolute Gasteiger partial charge is 0.496 e. The second-order valence-corrected chi connectivity index (χ2v) is 8.05. The molecular weight excluding hydrogens is 337 g/mol. The van der Waals surface area contributed by atoms with Gasteiger partial charge in [-0.3, -0.25) is 0 Å². The number of hydrogen-bond acceptors (Lipinski definition) is 4. The fraction of sp³-hybridized carbons (Fsp3) is 0.500. The van der Waals surface area contributed by atoms with E-state index in [1.807, 2.05) is 11.4 Å². The molecule has 2 aliphatic rings. The van der Waals surface area contributed by atoms with Crippen LogP contribution in [-0.4, -0.2) is 19.3 Å². The van der Waals surface area contributed by atoms with Gasteiger partial charge in [0.2, 0.25) is 0 Å². The number of rotatable bonds is 6. The smallest absolute Gasteiger partial charge is 0.134 e. The number of halogens is 1. The Kier molecular flexibility index (Phi) is 4.69. The average molecular weight is 361 g/mol. The Hall–Kier alpha value is -1.59. The summed E-state index contributed by atoms with van der Waals surface area (Å²) in [4.78, 5) is 1.19. The lowest BCUT2D eigenvalue weighted by Gasteiger charge is -2.22. The first-order valence-corrected chi connectivity index (χ1v) is 9.88. The molecule has 0 bridgehead atoms. The molecule has 1 spiro atoms. The molecule has 0 unspecified atom stereocenters. The summed E-state index contributed by atoms with van der Waals surface area (Å²) < 4.78 is 25.5. The number of ether oxygens (including phenoxy) is 2. The first-order chi connectivity index (χ1) is 12.2. The monoisotopic (exact) mass is 361 g/mol. The third kappa shape index (κ3) is 3.40. The molecule has 0 radical (unpaired) electrons. The van der Waals surface area contributed by atoms with E-state index in [1.165, 1.54) is 23.3 Å². The quantitative estimate of drug-likeness (QED) is 0.770. The summed E-state index contributed by atoms with van der Waals surface area (Å²) in [5, 5.41) is 5.49. The molecular formula is C20H24FNO2S. The predicted molar refractivity (Wildman–Crippen MR) is 98.2 cm³/mol. The van der Waals surface area contributed by atoms with Crippen molar-refractivity contribution in [2.75, 3.05) is 13.7 Å². The maximum absolute atomic E-state index is 14.0. The van der Waals surface area contributed by atoms with Crippen LogP contribution in [0.15, 0.2) is 23.6 Å². The zero-order chi connectivity index (χ0) is 17.3. The molecule has 1 aliphatic heterocycles. The molecule has 134 valence electrons. The van der Waals surface area contributed by atoms with Crippen molar-refractivity contribution in [2.24, 2.45) is 0 Å². The topological polar surface area (TPSA) is 30.5 Å². The highest BCUT2D eigenvalue weighted by Gasteiger charge is 2.42. The van der Waals surface area contributed by atoms with E-state index in [4.69, 9.17) is 9.47 Å². The SMILES string of the molecule is COc1ccsc1CNCCc1cc(F)cc2c1CC1(CCCC1)O2. The Morgan fingerprint density at radius 2 is 2.16 bits per heavy atom. The molecule has 25 heavy (non-hydrogen) atoms. The summed E-state index contributed by atoms with van der Waals surface area (Å²) >= 11 is 1.69. The van der Waals surface area contributed by atoms with Crippen LogP contribution in [0.5, 0.6) is 11.5 Å². The lowest BCUT2D eigenvalue weighted by molar-refractivity contribution is 0.103. The van der Waals surface area contributed by atoms with Gasteiger partial charge in [0, 0.05) is 24.6 Å². The molecule has 0 saturated heterocycles. The molecule has 0 atom stereocenters. The Balaban J connectivity index is 1.40. The molecule has 1 aliphatic carbocycles. The van der Waals surface area contributed by atoms with Gasteiger partial charge in [0.15, 0.2) is 0 Å². The van der Waals surface area contributed by atoms with Crippen molar-refractivity contribution in [1.82, 2.24) is 5.32 Å². The molecule has 1 fully saturated rings. The van der Waals surface area contributed by atoms with Gasteiger partial charge < -0.3 is 14.8 Å². The number of thiophene rings is 1. The van der Waals surface area contributed by atoms with Crippen molar-refractivity contribution in [3.05, 3.63) is 45.4 Å². The molecule has 1 aromatic carbocycles. The molecule has 2 heterocycles. The van der Waals surface area contributed by atoms with Gasteiger partial charge in [0.05, 0.1) is 12.0 Å². The maximum Gasteiger partial charge on any atom is 0.134 e. The fourth-order valence-electron chi connectivity index (χ4n) is 4.13. The predicted octanol–water partition coefficient (Wildman–Crippen LogP) is 4.48. The summed E-state index contributed by atoms with van der Waals surface area (Å²) in [5.74, 6) is 1.52. The van der Waals surface area contributed by atoms with Crippen LogP contribution >= 0.6 is 11.3 Å². The van der Waals surface area contributed by atoms with Crippen molar-refractivity contribution in [3.8, 4) is 11.5 Å². The van der Waals surface area contributed by atoms with Gasteiger partial charge in [-0.05, 0) is 61.7 Å².